The third-order valence-corrected chi connectivity index (χ3v) is 12.2. The summed E-state index contributed by atoms with van der Waals surface area (Å²) >= 11 is 1.60. The molecule has 8 rings (SSSR count). The first kappa shape index (κ1) is 22.3. The molecule has 0 aliphatic carbocycles. The molecule has 2 heterocycles. The van der Waals surface area contributed by atoms with E-state index in [0.29, 0.717) is 0 Å². The summed E-state index contributed by atoms with van der Waals surface area (Å²) in [5.41, 5.74) is 3.27. The summed E-state index contributed by atoms with van der Waals surface area (Å²) in [6, 6.07) is 41.5. The molecule has 1 aliphatic rings. The molecule has 0 bridgehead atoms. The van der Waals surface area contributed by atoms with Gasteiger partial charge >= 0.3 is 230 Å². The Bertz CT molecular complexity index is 2010. The number of benzene rings is 6. The zero-order chi connectivity index (χ0) is 25.1. The van der Waals surface area contributed by atoms with Crippen LogP contribution in [-0.2, 0) is 0 Å². The number of halogens is 1. The van der Waals surface area contributed by atoms with Gasteiger partial charge in [-0.25, -0.2) is 0 Å². The van der Waals surface area contributed by atoms with Crippen LogP contribution in [0.3, 0.4) is 0 Å². The van der Waals surface area contributed by atoms with Crippen LogP contribution in [-0.4, -0.2) is 9.97 Å². The summed E-state index contributed by atoms with van der Waals surface area (Å²) in [5, 5.41) is 7.61. The molecule has 1 aliphatic heterocycles. The van der Waals surface area contributed by atoms with Crippen molar-refractivity contribution in [3.63, 3.8) is 0 Å². The summed E-state index contributed by atoms with van der Waals surface area (Å²) in [7, 11) is 0. The van der Waals surface area contributed by atoms with Crippen molar-refractivity contribution in [3.8, 4) is 22.6 Å². The molecule has 38 heavy (non-hydrogen) atoms. The third-order valence-electron chi connectivity index (χ3n) is 7.15. The van der Waals surface area contributed by atoms with Gasteiger partial charge in [-0.1, -0.05) is 6.07 Å². The third kappa shape index (κ3) is 3.55. The van der Waals surface area contributed by atoms with Crippen LogP contribution < -0.4 is 21.2 Å². The van der Waals surface area contributed by atoms with Crippen molar-refractivity contribution in [3.05, 3.63) is 129 Å². The van der Waals surface area contributed by atoms with Crippen molar-refractivity contribution in [2.75, 3.05) is 0 Å². The molecule has 1 aromatic heterocycles. The van der Waals surface area contributed by atoms with Crippen molar-refractivity contribution < 1.29 is 21.2 Å². The molecule has 4 heteroatoms. The average molecular weight is 616 g/mol. The average Bonchev–Trinajstić information content (AvgIpc) is 2.99. The van der Waals surface area contributed by atoms with Gasteiger partial charge < -0.3 is 0 Å². The van der Waals surface area contributed by atoms with E-state index in [-0.39, 0.29) is 21.2 Å². The Hall–Kier alpha value is -3.74. The van der Waals surface area contributed by atoms with Crippen LogP contribution >= 0.6 is 11.8 Å². The van der Waals surface area contributed by atoms with Gasteiger partial charge in [0, 0.05) is 0 Å². The Morgan fingerprint density at radius 2 is 1.21 bits per heavy atom. The fraction of sp³-hybridized carbons (Fsp3) is 0. The van der Waals surface area contributed by atoms with Gasteiger partial charge in [0.25, 0.3) is 0 Å². The molecule has 0 radical (unpaired) electrons. The second-order valence-corrected chi connectivity index (χ2v) is 13.2. The van der Waals surface area contributed by atoms with Crippen molar-refractivity contribution in [2.24, 2.45) is 0 Å². The second kappa shape index (κ2) is 8.93. The number of rotatable bonds is 2. The van der Waals surface area contributed by atoms with Gasteiger partial charge in [-0.15, -0.1) is 0 Å². The van der Waals surface area contributed by atoms with E-state index in [4.69, 9.17) is 9.97 Å². The van der Waals surface area contributed by atoms with Gasteiger partial charge in [0.2, 0.25) is 0 Å². The first-order valence-electron chi connectivity index (χ1n) is 12.6. The van der Waals surface area contributed by atoms with E-state index in [1.165, 1.54) is 54.8 Å². The summed E-state index contributed by atoms with van der Waals surface area (Å²) in [6.45, 7) is 0. The minimum absolute atomic E-state index is 0.280. The fourth-order valence-electron chi connectivity index (χ4n) is 5.41. The Balaban J connectivity index is 1.28. The summed E-state index contributed by atoms with van der Waals surface area (Å²) in [6.07, 6.45) is 1.90. The maximum absolute atomic E-state index is 5.12. The molecule has 0 N–H and O–H groups in total. The molecule has 0 spiro atoms. The SMILES string of the molecule is c1ccc2c(c1)Sc1cccc(-c3ccnc(-c4ccc5c6ccccc6c6ccccc6c5c4)n3)c1[I-]2. The molecular formula is C34H20IN2S-. The Morgan fingerprint density at radius 3 is 2.00 bits per heavy atom. The first-order chi connectivity index (χ1) is 18.8. The van der Waals surface area contributed by atoms with Crippen molar-refractivity contribution in [1.29, 1.82) is 0 Å². The van der Waals surface area contributed by atoms with Crippen molar-refractivity contribution >= 4 is 44.1 Å². The number of fused-ring (bicyclic) bond motifs is 8. The monoisotopic (exact) mass is 615 g/mol. The quantitative estimate of drug-likeness (QED) is 0.180. The van der Waals surface area contributed by atoms with Crippen LogP contribution in [0.2, 0.25) is 0 Å². The molecule has 0 saturated heterocycles. The zero-order valence-electron chi connectivity index (χ0n) is 20.2. The van der Waals surface area contributed by atoms with E-state index < -0.39 is 0 Å². The molecule has 7 aromatic rings. The van der Waals surface area contributed by atoms with Crippen molar-refractivity contribution in [2.45, 2.75) is 9.79 Å². The molecular weight excluding hydrogens is 595 g/mol. The number of aromatic nitrogens is 2. The molecule has 0 saturated carbocycles. The number of nitrogens with zero attached hydrogens (tertiary/aromatic N) is 2. The minimum atomic E-state index is -0.280. The van der Waals surface area contributed by atoms with Gasteiger partial charge in [-0.2, -0.15) is 0 Å². The summed E-state index contributed by atoms with van der Waals surface area (Å²) in [4.78, 5) is 12.6. The first-order valence-corrected chi connectivity index (χ1v) is 15.5. The van der Waals surface area contributed by atoms with E-state index in [1.54, 1.807) is 0 Å². The maximum atomic E-state index is 5.12. The standard InChI is InChI=1S/C34H20IN2S/c1-2-10-24-22(8-1)23-9-3-4-11-25(23)28-20-21(16-17-26(24)28)34-36-19-18-30(37-34)27-12-7-15-32-33(27)35-29-13-5-6-14-31(29)38-32/h1-20H/q-1. The summed E-state index contributed by atoms with van der Waals surface area (Å²) in [5.74, 6) is 0.765. The van der Waals surface area contributed by atoms with Gasteiger partial charge in [0.15, 0.2) is 0 Å². The van der Waals surface area contributed by atoms with Crippen molar-refractivity contribution in [1.82, 2.24) is 9.97 Å². The molecule has 0 fully saturated rings. The molecule has 6 aromatic carbocycles. The molecule has 180 valence electrons. The topological polar surface area (TPSA) is 25.8 Å². The molecule has 2 nitrogen and oxygen atoms in total. The van der Waals surface area contributed by atoms with Crippen LogP contribution in [0.15, 0.2) is 131 Å². The Morgan fingerprint density at radius 1 is 0.553 bits per heavy atom. The van der Waals surface area contributed by atoms with Crippen LogP contribution in [0.1, 0.15) is 0 Å². The molecule has 0 unspecified atom stereocenters. The zero-order valence-corrected chi connectivity index (χ0v) is 23.2. The van der Waals surface area contributed by atoms with Crippen LogP contribution in [0.25, 0.3) is 55.0 Å². The van der Waals surface area contributed by atoms with E-state index in [0.717, 1.165) is 17.1 Å². The van der Waals surface area contributed by atoms with Crippen LogP contribution in [0.5, 0.6) is 0 Å². The fourth-order valence-corrected chi connectivity index (χ4v) is 10.1. The van der Waals surface area contributed by atoms with Gasteiger partial charge in [-0.05, 0) is 0 Å². The van der Waals surface area contributed by atoms with Gasteiger partial charge in [0.1, 0.15) is 0 Å². The van der Waals surface area contributed by atoms with Crippen LogP contribution in [0.4, 0.5) is 0 Å². The van der Waals surface area contributed by atoms with E-state index in [9.17, 15) is 0 Å². The predicted molar refractivity (Wildman–Crippen MR) is 153 cm³/mol. The normalized spacial score (nSPS) is 12.7. The second-order valence-electron chi connectivity index (χ2n) is 9.36. The van der Waals surface area contributed by atoms with E-state index >= 15 is 0 Å². The van der Waals surface area contributed by atoms with Gasteiger partial charge in [-0.3, -0.25) is 0 Å². The Labute approximate surface area is 235 Å². The summed E-state index contributed by atoms with van der Waals surface area (Å²) < 4.78 is 2.94. The van der Waals surface area contributed by atoms with Crippen LogP contribution in [0, 0.1) is 7.14 Å². The predicted octanol–water partition coefficient (Wildman–Crippen LogP) is 5.86. The Kier molecular flexibility index (Phi) is 5.23. The number of hydrogen-bond acceptors (Lipinski definition) is 3. The molecule has 0 amide bonds. The number of hydrogen-bond donors (Lipinski definition) is 0. The molecule has 0 atom stereocenters. The van der Waals surface area contributed by atoms with E-state index in [1.807, 2.05) is 18.0 Å². The van der Waals surface area contributed by atoms with E-state index in [2.05, 4.69) is 115 Å². The van der Waals surface area contributed by atoms with Gasteiger partial charge in [0.05, 0.1) is 0 Å².